The second-order valence-electron chi connectivity index (χ2n) is 4.06. The van der Waals surface area contributed by atoms with Crippen molar-refractivity contribution in [2.75, 3.05) is 6.61 Å². The summed E-state index contributed by atoms with van der Waals surface area (Å²) in [5.41, 5.74) is 1.99. The second kappa shape index (κ2) is 4.07. The minimum absolute atomic E-state index is 0.0497. The average molecular weight is 237 g/mol. The molecular weight excluding hydrogens is 224 g/mol. The van der Waals surface area contributed by atoms with Crippen LogP contribution in [0.5, 0.6) is 0 Å². The lowest BCUT2D eigenvalue weighted by Gasteiger charge is -2.24. The van der Waals surface area contributed by atoms with E-state index >= 15 is 0 Å². The summed E-state index contributed by atoms with van der Waals surface area (Å²) in [6, 6.07) is 7.98. The fourth-order valence-electron chi connectivity index (χ4n) is 2.22. The number of hydrogen-bond acceptors (Lipinski definition) is 2. The van der Waals surface area contributed by atoms with E-state index in [0.717, 1.165) is 30.5 Å². The van der Waals surface area contributed by atoms with Gasteiger partial charge in [0, 0.05) is 6.61 Å². The number of para-hydroxylation sites is 2. The van der Waals surface area contributed by atoms with Crippen LogP contribution in [0.2, 0.25) is 5.28 Å². The molecule has 1 aliphatic rings. The summed E-state index contributed by atoms with van der Waals surface area (Å²) >= 11 is 6.17. The van der Waals surface area contributed by atoms with Gasteiger partial charge in [0.1, 0.15) is 6.23 Å². The van der Waals surface area contributed by atoms with Gasteiger partial charge in [-0.05, 0) is 43.0 Å². The summed E-state index contributed by atoms with van der Waals surface area (Å²) in [6.07, 6.45) is 3.39. The Morgan fingerprint density at radius 3 is 3.00 bits per heavy atom. The zero-order valence-corrected chi connectivity index (χ0v) is 9.65. The monoisotopic (exact) mass is 236 g/mol. The van der Waals surface area contributed by atoms with Gasteiger partial charge in [0.25, 0.3) is 0 Å². The van der Waals surface area contributed by atoms with Crippen LogP contribution in [-0.2, 0) is 4.74 Å². The summed E-state index contributed by atoms with van der Waals surface area (Å²) in [5, 5.41) is 0.521. The summed E-state index contributed by atoms with van der Waals surface area (Å²) in [5.74, 6) is 0. The van der Waals surface area contributed by atoms with Gasteiger partial charge in [-0.1, -0.05) is 12.1 Å². The van der Waals surface area contributed by atoms with E-state index in [1.54, 1.807) is 0 Å². The number of aromatic nitrogens is 2. The summed E-state index contributed by atoms with van der Waals surface area (Å²) in [6.45, 7) is 0.813. The van der Waals surface area contributed by atoms with E-state index in [1.807, 2.05) is 28.8 Å². The molecule has 3 rings (SSSR count). The van der Waals surface area contributed by atoms with Crippen molar-refractivity contribution >= 4 is 22.6 Å². The molecule has 0 aliphatic carbocycles. The number of hydrogen-bond donors (Lipinski definition) is 0. The molecule has 0 spiro atoms. The molecule has 0 bridgehead atoms. The average Bonchev–Trinajstić information content (AvgIpc) is 2.66. The van der Waals surface area contributed by atoms with E-state index in [4.69, 9.17) is 16.3 Å². The highest BCUT2D eigenvalue weighted by atomic mass is 35.5. The van der Waals surface area contributed by atoms with Crippen LogP contribution < -0.4 is 0 Å². The summed E-state index contributed by atoms with van der Waals surface area (Å²) in [7, 11) is 0. The Balaban J connectivity index is 2.10. The Bertz CT molecular complexity index is 503. The van der Waals surface area contributed by atoms with Crippen molar-refractivity contribution in [1.82, 2.24) is 9.55 Å². The van der Waals surface area contributed by atoms with Crippen molar-refractivity contribution in [1.29, 1.82) is 0 Å². The maximum Gasteiger partial charge on any atom is 0.205 e. The van der Waals surface area contributed by atoms with E-state index in [-0.39, 0.29) is 6.23 Å². The van der Waals surface area contributed by atoms with Gasteiger partial charge in [-0.15, -0.1) is 0 Å². The minimum Gasteiger partial charge on any atom is -0.358 e. The van der Waals surface area contributed by atoms with Crippen LogP contribution in [0.4, 0.5) is 0 Å². The van der Waals surface area contributed by atoms with Crippen LogP contribution in [0, 0.1) is 0 Å². The van der Waals surface area contributed by atoms with Crippen molar-refractivity contribution in [3.8, 4) is 0 Å². The van der Waals surface area contributed by atoms with Crippen LogP contribution in [-0.4, -0.2) is 16.2 Å². The molecule has 2 aromatic rings. The fraction of sp³-hybridized carbons (Fsp3) is 0.417. The highest BCUT2D eigenvalue weighted by molar-refractivity contribution is 6.29. The number of rotatable bonds is 1. The Kier molecular flexibility index (Phi) is 2.58. The molecule has 1 aromatic carbocycles. The summed E-state index contributed by atoms with van der Waals surface area (Å²) in [4.78, 5) is 4.34. The van der Waals surface area contributed by atoms with E-state index in [1.165, 1.54) is 6.42 Å². The van der Waals surface area contributed by atoms with Gasteiger partial charge >= 0.3 is 0 Å². The molecule has 0 N–H and O–H groups in total. The van der Waals surface area contributed by atoms with Crippen LogP contribution >= 0.6 is 11.6 Å². The van der Waals surface area contributed by atoms with Gasteiger partial charge in [0.2, 0.25) is 5.28 Å². The standard InChI is InChI=1S/C12H13ClN2O/c13-12-14-9-5-1-2-6-10(9)15(12)11-7-3-4-8-16-11/h1-2,5-6,11H,3-4,7-8H2/t11-/m0/s1. The van der Waals surface area contributed by atoms with E-state index in [2.05, 4.69) is 4.98 Å². The minimum atomic E-state index is 0.0497. The molecule has 16 heavy (non-hydrogen) atoms. The van der Waals surface area contributed by atoms with Crippen molar-refractivity contribution in [3.05, 3.63) is 29.5 Å². The molecule has 0 radical (unpaired) electrons. The lowest BCUT2D eigenvalue weighted by atomic mass is 10.2. The first-order valence-electron chi connectivity index (χ1n) is 5.60. The van der Waals surface area contributed by atoms with Gasteiger partial charge in [-0.2, -0.15) is 0 Å². The quantitative estimate of drug-likeness (QED) is 0.759. The molecule has 0 amide bonds. The molecule has 1 aromatic heterocycles. The molecule has 1 aliphatic heterocycles. The Morgan fingerprint density at radius 2 is 2.19 bits per heavy atom. The van der Waals surface area contributed by atoms with E-state index in [9.17, 15) is 0 Å². The lowest BCUT2D eigenvalue weighted by Crippen LogP contribution is -2.18. The molecule has 3 nitrogen and oxygen atoms in total. The molecule has 1 atom stereocenters. The molecule has 2 heterocycles. The van der Waals surface area contributed by atoms with Crippen LogP contribution in [0.1, 0.15) is 25.5 Å². The van der Waals surface area contributed by atoms with Crippen molar-refractivity contribution < 1.29 is 4.74 Å². The number of imidazole rings is 1. The second-order valence-corrected chi connectivity index (χ2v) is 4.40. The topological polar surface area (TPSA) is 27.1 Å². The zero-order chi connectivity index (χ0) is 11.0. The smallest absolute Gasteiger partial charge is 0.205 e. The molecular formula is C12H13ClN2O. The van der Waals surface area contributed by atoms with Crippen LogP contribution in [0.25, 0.3) is 11.0 Å². The molecule has 0 saturated carbocycles. The highest BCUT2D eigenvalue weighted by Gasteiger charge is 2.20. The third-order valence-corrected chi connectivity index (χ3v) is 3.26. The Hall–Kier alpha value is -1.06. The molecule has 84 valence electrons. The number of fused-ring (bicyclic) bond motifs is 1. The maximum absolute atomic E-state index is 6.17. The predicted molar refractivity (Wildman–Crippen MR) is 63.6 cm³/mol. The van der Waals surface area contributed by atoms with Crippen LogP contribution in [0.15, 0.2) is 24.3 Å². The van der Waals surface area contributed by atoms with Crippen LogP contribution in [0.3, 0.4) is 0 Å². The van der Waals surface area contributed by atoms with Crippen molar-refractivity contribution in [2.45, 2.75) is 25.5 Å². The highest BCUT2D eigenvalue weighted by Crippen LogP contribution is 2.30. The van der Waals surface area contributed by atoms with Gasteiger partial charge in [0.05, 0.1) is 11.0 Å². The number of ether oxygens (including phenoxy) is 1. The molecule has 0 unspecified atom stereocenters. The third kappa shape index (κ3) is 1.60. The SMILES string of the molecule is Clc1nc2ccccc2n1[C@@H]1CCCCO1. The van der Waals surface area contributed by atoms with Crippen molar-refractivity contribution in [3.63, 3.8) is 0 Å². The number of benzene rings is 1. The largest absolute Gasteiger partial charge is 0.358 e. The van der Waals surface area contributed by atoms with Gasteiger partial charge in [-0.3, -0.25) is 4.57 Å². The van der Waals surface area contributed by atoms with Gasteiger partial charge in [-0.25, -0.2) is 4.98 Å². The first kappa shape index (κ1) is 10.1. The molecule has 1 saturated heterocycles. The predicted octanol–water partition coefficient (Wildman–Crippen LogP) is 3.39. The lowest BCUT2D eigenvalue weighted by molar-refractivity contribution is -0.0293. The first-order valence-corrected chi connectivity index (χ1v) is 5.98. The third-order valence-electron chi connectivity index (χ3n) is 3.00. The maximum atomic E-state index is 6.17. The Morgan fingerprint density at radius 1 is 1.31 bits per heavy atom. The van der Waals surface area contributed by atoms with E-state index < -0.39 is 0 Å². The summed E-state index contributed by atoms with van der Waals surface area (Å²) < 4.78 is 7.75. The number of halogens is 1. The zero-order valence-electron chi connectivity index (χ0n) is 8.90. The fourth-order valence-corrected chi connectivity index (χ4v) is 2.51. The molecule has 4 heteroatoms. The molecule has 1 fully saturated rings. The van der Waals surface area contributed by atoms with E-state index in [0.29, 0.717) is 5.28 Å². The first-order chi connectivity index (χ1) is 7.86. The van der Waals surface area contributed by atoms with Crippen molar-refractivity contribution in [2.24, 2.45) is 0 Å². The van der Waals surface area contributed by atoms with Gasteiger partial charge < -0.3 is 4.74 Å². The Labute approximate surface area is 99.0 Å². The van der Waals surface area contributed by atoms with Gasteiger partial charge in [0.15, 0.2) is 0 Å². The normalized spacial score (nSPS) is 21.4. The number of nitrogens with zero attached hydrogens (tertiary/aromatic N) is 2.